The van der Waals surface area contributed by atoms with E-state index in [9.17, 15) is 0 Å². The van der Waals surface area contributed by atoms with Gasteiger partial charge in [-0.05, 0) is 61.9 Å². The average molecular weight is 242 g/mol. The van der Waals surface area contributed by atoms with Crippen LogP contribution >= 0.6 is 0 Å². The van der Waals surface area contributed by atoms with Crippen molar-refractivity contribution < 1.29 is 0 Å². The molecule has 1 aromatic heterocycles. The molecule has 1 saturated carbocycles. The second kappa shape index (κ2) is 5.15. The molecule has 0 unspecified atom stereocenters. The molecule has 2 nitrogen and oxygen atoms in total. The van der Waals surface area contributed by atoms with Crippen LogP contribution in [0.25, 0.3) is 10.9 Å². The molecule has 0 radical (unpaired) electrons. The highest BCUT2D eigenvalue weighted by atomic mass is 15.0. The number of rotatable bonds is 5. The van der Waals surface area contributed by atoms with Gasteiger partial charge in [0.2, 0.25) is 0 Å². The van der Waals surface area contributed by atoms with Gasteiger partial charge in [0.15, 0.2) is 0 Å². The first kappa shape index (κ1) is 11.8. The van der Waals surface area contributed by atoms with Crippen molar-refractivity contribution in [2.45, 2.75) is 32.2 Å². The van der Waals surface area contributed by atoms with E-state index in [4.69, 9.17) is 0 Å². The molecule has 1 N–H and O–H groups in total. The molecule has 1 aliphatic carbocycles. The highest BCUT2D eigenvalue weighted by Gasteiger charge is 2.18. The van der Waals surface area contributed by atoms with Gasteiger partial charge in [0.05, 0.1) is 0 Å². The Morgan fingerprint density at radius 2 is 2.17 bits per heavy atom. The summed E-state index contributed by atoms with van der Waals surface area (Å²) in [6.45, 7) is 2.26. The Hall–Kier alpha value is -1.28. The van der Waals surface area contributed by atoms with Crippen molar-refractivity contribution in [3.05, 3.63) is 36.0 Å². The Morgan fingerprint density at radius 1 is 1.28 bits per heavy atom. The van der Waals surface area contributed by atoms with E-state index in [1.807, 2.05) is 7.05 Å². The number of fused-ring (bicyclic) bond motifs is 1. The van der Waals surface area contributed by atoms with Crippen molar-refractivity contribution in [1.82, 2.24) is 9.88 Å². The first-order valence-electron chi connectivity index (χ1n) is 7.09. The maximum Gasteiger partial charge on any atom is 0.0483 e. The molecule has 1 fully saturated rings. The summed E-state index contributed by atoms with van der Waals surface area (Å²) >= 11 is 0. The first-order chi connectivity index (χ1) is 8.86. The predicted molar refractivity (Wildman–Crippen MR) is 76.9 cm³/mol. The van der Waals surface area contributed by atoms with E-state index in [1.165, 1.54) is 42.3 Å². The maximum absolute atomic E-state index is 3.22. The lowest BCUT2D eigenvalue weighted by Crippen LogP contribution is -2.17. The summed E-state index contributed by atoms with van der Waals surface area (Å²) in [7, 11) is 2.01. The lowest BCUT2D eigenvalue weighted by Gasteiger charge is -2.26. The third kappa shape index (κ3) is 2.30. The van der Waals surface area contributed by atoms with Crippen molar-refractivity contribution >= 4 is 10.9 Å². The van der Waals surface area contributed by atoms with Crippen LogP contribution in [0.15, 0.2) is 30.5 Å². The molecule has 2 aromatic rings. The highest BCUT2D eigenvalue weighted by Crippen LogP contribution is 2.29. The minimum Gasteiger partial charge on any atom is -0.347 e. The van der Waals surface area contributed by atoms with Crippen LogP contribution in [0.1, 0.15) is 24.8 Å². The lowest BCUT2D eigenvalue weighted by atomic mass is 9.85. The Kier molecular flexibility index (Phi) is 3.37. The zero-order chi connectivity index (χ0) is 12.4. The molecule has 0 saturated heterocycles. The molecule has 0 aliphatic heterocycles. The molecular formula is C16H22N2. The van der Waals surface area contributed by atoms with Crippen molar-refractivity contribution in [1.29, 1.82) is 0 Å². The number of aromatic nitrogens is 1. The Labute approximate surface area is 109 Å². The number of likely N-dealkylation sites (N-methyl/N-ethyl adjacent to an activating group) is 1. The van der Waals surface area contributed by atoms with Crippen molar-refractivity contribution in [2.24, 2.45) is 5.92 Å². The molecule has 96 valence electrons. The minimum atomic E-state index is 0.918. The molecule has 1 aromatic carbocycles. The van der Waals surface area contributed by atoms with E-state index < -0.39 is 0 Å². The Balaban J connectivity index is 1.84. The highest BCUT2D eigenvalue weighted by molar-refractivity contribution is 5.80. The van der Waals surface area contributed by atoms with E-state index in [-0.39, 0.29) is 0 Å². The van der Waals surface area contributed by atoms with Crippen LogP contribution in [0.4, 0.5) is 0 Å². The van der Waals surface area contributed by atoms with E-state index in [1.54, 1.807) is 0 Å². The molecule has 18 heavy (non-hydrogen) atoms. The van der Waals surface area contributed by atoms with Gasteiger partial charge in [-0.3, -0.25) is 0 Å². The van der Waals surface area contributed by atoms with Crippen LogP contribution in [0.3, 0.4) is 0 Å². The van der Waals surface area contributed by atoms with Gasteiger partial charge in [0.1, 0.15) is 0 Å². The fourth-order valence-corrected chi connectivity index (χ4v) is 2.77. The molecule has 3 rings (SSSR count). The predicted octanol–water partition coefficient (Wildman–Crippen LogP) is 3.20. The summed E-state index contributed by atoms with van der Waals surface area (Å²) < 4.78 is 2.45. The third-order valence-corrected chi connectivity index (χ3v) is 4.18. The molecule has 1 aliphatic rings. The van der Waals surface area contributed by atoms with Crippen molar-refractivity contribution in [2.75, 3.05) is 13.6 Å². The molecule has 2 heteroatoms. The van der Waals surface area contributed by atoms with Crippen molar-refractivity contribution in [3.8, 4) is 0 Å². The largest absolute Gasteiger partial charge is 0.347 e. The molecule has 1 heterocycles. The summed E-state index contributed by atoms with van der Waals surface area (Å²) in [5.41, 5.74) is 2.85. The van der Waals surface area contributed by atoms with Crippen LogP contribution in [0.5, 0.6) is 0 Å². The Morgan fingerprint density at radius 3 is 2.89 bits per heavy atom. The molecular weight excluding hydrogens is 220 g/mol. The second-order valence-corrected chi connectivity index (χ2v) is 5.51. The number of benzene rings is 1. The SMILES string of the molecule is CNCCc1ccc2ccn(CC3CCC3)c2c1. The average Bonchev–Trinajstić information content (AvgIpc) is 2.74. The summed E-state index contributed by atoms with van der Waals surface area (Å²) in [5.74, 6) is 0.918. The summed E-state index contributed by atoms with van der Waals surface area (Å²) in [6, 6.07) is 9.13. The monoisotopic (exact) mass is 242 g/mol. The van der Waals surface area contributed by atoms with E-state index in [0.717, 1.165) is 18.9 Å². The van der Waals surface area contributed by atoms with Gasteiger partial charge in [-0.1, -0.05) is 18.6 Å². The van der Waals surface area contributed by atoms with E-state index in [0.29, 0.717) is 0 Å². The van der Waals surface area contributed by atoms with Crippen LogP contribution < -0.4 is 5.32 Å². The fourth-order valence-electron chi connectivity index (χ4n) is 2.77. The van der Waals surface area contributed by atoms with Crippen LogP contribution in [-0.4, -0.2) is 18.2 Å². The second-order valence-electron chi connectivity index (χ2n) is 5.51. The molecule has 0 amide bonds. The fraction of sp³-hybridized carbons (Fsp3) is 0.500. The number of nitrogens with one attached hydrogen (secondary N) is 1. The number of hydrogen-bond acceptors (Lipinski definition) is 1. The number of hydrogen-bond donors (Lipinski definition) is 1. The van der Waals surface area contributed by atoms with Crippen molar-refractivity contribution in [3.63, 3.8) is 0 Å². The Bertz CT molecular complexity index is 523. The van der Waals surface area contributed by atoms with E-state index in [2.05, 4.69) is 40.3 Å². The maximum atomic E-state index is 3.22. The zero-order valence-electron chi connectivity index (χ0n) is 11.2. The smallest absolute Gasteiger partial charge is 0.0483 e. The van der Waals surface area contributed by atoms with Gasteiger partial charge in [0.25, 0.3) is 0 Å². The normalized spacial score (nSPS) is 16.1. The van der Waals surface area contributed by atoms with Gasteiger partial charge >= 0.3 is 0 Å². The minimum absolute atomic E-state index is 0.918. The van der Waals surface area contributed by atoms with Gasteiger partial charge < -0.3 is 9.88 Å². The van der Waals surface area contributed by atoms with Gasteiger partial charge in [-0.25, -0.2) is 0 Å². The zero-order valence-corrected chi connectivity index (χ0v) is 11.2. The number of nitrogens with zero attached hydrogens (tertiary/aromatic N) is 1. The van der Waals surface area contributed by atoms with Gasteiger partial charge in [-0.15, -0.1) is 0 Å². The quantitative estimate of drug-likeness (QED) is 0.852. The lowest BCUT2D eigenvalue weighted by molar-refractivity contribution is 0.280. The van der Waals surface area contributed by atoms with Crippen LogP contribution in [0, 0.1) is 5.92 Å². The summed E-state index contributed by atoms with van der Waals surface area (Å²) in [4.78, 5) is 0. The van der Waals surface area contributed by atoms with Gasteiger partial charge in [0, 0.05) is 18.3 Å². The molecule has 0 atom stereocenters. The van der Waals surface area contributed by atoms with Crippen LogP contribution in [-0.2, 0) is 13.0 Å². The molecule has 0 spiro atoms. The first-order valence-corrected chi connectivity index (χ1v) is 7.09. The van der Waals surface area contributed by atoms with Gasteiger partial charge in [-0.2, -0.15) is 0 Å². The summed E-state index contributed by atoms with van der Waals surface area (Å²) in [6.07, 6.45) is 7.63. The topological polar surface area (TPSA) is 17.0 Å². The molecule has 0 bridgehead atoms. The van der Waals surface area contributed by atoms with E-state index >= 15 is 0 Å². The summed E-state index contributed by atoms with van der Waals surface area (Å²) in [5, 5.41) is 4.59. The van der Waals surface area contributed by atoms with Crippen LogP contribution in [0.2, 0.25) is 0 Å². The third-order valence-electron chi connectivity index (χ3n) is 4.18. The standard InChI is InChI=1S/C16H22N2/c1-17-9-7-13-5-6-15-8-10-18(16(15)11-13)12-14-3-2-4-14/h5-6,8,10-11,14,17H,2-4,7,9,12H2,1H3.